The fourth-order valence-electron chi connectivity index (χ4n) is 2.00. The number of benzene rings is 1. The first-order chi connectivity index (χ1) is 9.43. The maximum atomic E-state index is 11.5. The molecule has 1 aromatic heterocycles. The molecule has 0 aliphatic heterocycles. The summed E-state index contributed by atoms with van der Waals surface area (Å²) >= 11 is 3.49. The summed E-state index contributed by atoms with van der Waals surface area (Å²) in [6.45, 7) is 6.78. The van der Waals surface area contributed by atoms with E-state index in [4.69, 9.17) is 5.84 Å². The van der Waals surface area contributed by atoms with Crippen molar-refractivity contribution in [3.8, 4) is 0 Å². The minimum absolute atomic E-state index is 0.306. The Balaban J connectivity index is 2.30. The van der Waals surface area contributed by atoms with Crippen LogP contribution in [0.1, 0.15) is 32.9 Å². The van der Waals surface area contributed by atoms with Gasteiger partial charge in [-0.2, -0.15) is 5.10 Å². The van der Waals surface area contributed by atoms with E-state index in [9.17, 15) is 4.79 Å². The van der Waals surface area contributed by atoms with E-state index in [-0.39, 0.29) is 5.91 Å². The molecule has 0 fully saturated rings. The maximum absolute atomic E-state index is 11.5. The normalized spacial score (nSPS) is 10.7. The van der Waals surface area contributed by atoms with Crippen LogP contribution in [0.15, 0.2) is 22.7 Å². The average Bonchev–Trinajstić information content (AvgIpc) is 2.67. The molecule has 2 rings (SSSR count). The topological polar surface area (TPSA) is 72.9 Å². The summed E-state index contributed by atoms with van der Waals surface area (Å²) in [4.78, 5) is 11.5. The standard InChI is InChI=1S/C14H17BrN4O/c1-8-9(2)18-19(10(8)3)7-12-5-4-11(6-13(12)15)14(20)17-16/h4-6H,7,16H2,1-3H3,(H,17,20). The van der Waals surface area contributed by atoms with Gasteiger partial charge in [0, 0.05) is 15.7 Å². The first kappa shape index (κ1) is 14.7. The molecule has 0 saturated carbocycles. The Bertz CT molecular complexity index is 663. The van der Waals surface area contributed by atoms with Gasteiger partial charge in [0.2, 0.25) is 0 Å². The molecule has 0 spiro atoms. The summed E-state index contributed by atoms with van der Waals surface area (Å²) in [6.07, 6.45) is 0. The lowest BCUT2D eigenvalue weighted by molar-refractivity contribution is 0.0953. The number of nitrogens with two attached hydrogens (primary N) is 1. The third-order valence-electron chi connectivity index (χ3n) is 3.51. The number of hydrogen-bond acceptors (Lipinski definition) is 3. The Kier molecular flexibility index (Phi) is 4.25. The largest absolute Gasteiger partial charge is 0.290 e. The highest BCUT2D eigenvalue weighted by Gasteiger charge is 2.11. The van der Waals surface area contributed by atoms with E-state index in [1.54, 1.807) is 12.1 Å². The van der Waals surface area contributed by atoms with Gasteiger partial charge in [0.25, 0.3) is 5.91 Å². The van der Waals surface area contributed by atoms with E-state index < -0.39 is 0 Å². The van der Waals surface area contributed by atoms with Crippen LogP contribution in [0.4, 0.5) is 0 Å². The van der Waals surface area contributed by atoms with Gasteiger partial charge in [-0.15, -0.1) is 0 Å². The van der Waals surface area contributed by atoms with Crippen molar-refractivity contribution in [3.63, 3.8) is 0 Å². The third-order valence-corrected chi connectivity index (χ3v) is 4.25. The van der Waals surface area contributed by atoms with Gasteiger partial charge >= 0.3 is 0 Å². The molecule has 0 aliphatic carbocycles. The van der Waals surface area contributed by atoms with Gasteiger partial charge in [-0.05, 0) is 44.0 Å². The minimum Gasteiger partial charge on any atom is -0.290 e. The van der Waals surface area contributed by atoms with Gasteiger partial charge in [0.05, 0.1) is 12.2 Å². The minimum atomic E-state index is -0.306. The van der Waals surface area contributed by atoms with Gasteiger partial charge in [0.1, 0.15) is 0 Å². The summed E-state index contributed by atoms with van der Waals surface area (Å²) in [5.41, 5.74) is 7.10. The van der Waals surface area contributed by atoms with Crippen LogP contribution < -0.4 is 11.3 Å². The van der Waals surface area contributed by atoms with Crippen molar-refractivity contribution in [2.24, 2.45) is 5.84 Å². The second-order valence-electron chi connectivity index (χ2n) is 4.73. The highest BCUT2D eigenvalue weighted by Crippen LogP contribution is 2.21. The molecule has 1 heterocycles. The van der Waals surface area contributed by atoms with Crippen LogP contribution >= 0.6 is 15.9 Å². The van der Waals surface area contributed by atoms with Gasteiger partial charge < -0.3 is 0 Å². The van der Waals surface area contributed by atoms with Crippen molar-refractivity contribution in [2.75, 3.05) is 0 Å². The van der Waals surface area contributed by atoms with Crippen molar-refractivity contribution >= 4 is 21.8 Å². The molecule has 1 amide bonds. The number of nitrogen functional groups attached to an aromatic ring is 1. The number of halogens is 1. The number of rotatable bonds is 3. The Morgan fingerprint density at radius 3 is 2.60 bits per heavy atom. The lowest BCUT2D eigenvalue weighted by Gasteiger charge is -2.09. The fraction of sp³-hybridized carbons (Fsp3) is 0.286. The van der Waals surface area contributed by atoms with Crippen molar-refractivity contribution in [1.82, 2.24) is 15.2 Å². The van der Waals surface area contributed by atoms with Crippen molar-refractivity contribution < 1.29 is 4.79 Å². The molecular formula is C14H17BrN4O. The van der Waals surface area contributed by atoms with Gasteiger partial charge in [-0.3, -0.25) is 14.9 Å². The van der Waals surface area contributed by atoms with E-state index in [1.165, 1.54) is 5.56 Å². The van der Waals surface area contributed by atoms with Crippen LogP contribution in [0.2, 0.25) is 0 Å². The zero-order chi connectivity index (χ0) is 14.9. The van der Waals surface area contributed by atoms with Crippen LogP contribution in [0, 0.1) is 20.8 Å². The molecule has 0 saturated heterocycles. The maximum Gasteiger partial charge on any atom is 0.265 e. The second-order valence-corrected chi connectivity index (χ2v) is 5.59. The first-order valence-corrected chi connectivity index (χ1v) is 7.03. The van der Waals surface area contributed by atoms with Crippen LogP contribution in [0.3, 0.4) is 0 Å². The predicted octanol–water partition coefficient (Wildman–Crippen LogP) is 2.22. The summed E-state index contributed by atoms with van der Waals surface area (Å²) < 4.78 is 2.83. The van der Waals surface area contributed by atoms with E-state index in [1.807, 2.05) is 17.7 Å². The molecule has 1 aromatic carbocycles. The number of nitrogens with one attached hydrogen (secondary N) is 1. The summed E-state index contributed by atoms with van der Waals surface area (Å²) in [7, 11) is 0. The number of aromatic nitrogens is 2. The predicted molar refractivity (Wildman–Crippen MR) is 81.3 cm³/mol. The van der Waals surface area contributed by atoms with E-state index in [2.05, 4.69) is 40.3 Å². The second kappa shape index (κ2) is 5.76. The van der Waals surface area contributed by atoms with Crippen LogP contribution in [-0.4, -0.2) is 15.7 Å². The molecule has 6 heteroatoms. The van der Waals surface area contributed by atoms with E-state index in [0.29, 0.717) is 12.1 Å². The number of carbonyl (C=O) groups is 1. The van der Waals surface area contributed by atoms with E-state index >= 15 is 0 Å². The molecule has 2 aromatic rings. The number of hydrazine groups is 1. The summed E-state index contributed by atoms with van der Waals surface area (Å²) in [5, 5.41) is 4.52. The number of amides is 1. The summed E-state index contributed by atoms with van der Waals surface area (Å²) in [5.74, 6) is 4.82. The van der Waals surface area contributed by atoms with Gasteiger partial charge in [-0.1, -0.05) is 22.0 Å². The molecule has 0 radical (unpaired) electrons. The number of nitrogens with zero attached hydrogens (tertiary/aromatic N) is 2. The van der Waals surface area contributed by atoms with Crippen molar-refractivity contribution in [2.45, 2.75) is 27.3 Å². The number of aryl methyl sites for hydroxylation is 1. The highest BCUT2D eigenvalue weighted by atomic mass is 79.9. The molecule has 106 valence electrons. The third kappa shape index (κ3) is 2.76. The molecule has 0 unspecified atom stereocenters. The van der Waals surface area contributed by atoms with Crippen LogP contribution in [-0.2, 0) is 6.54 Å². The quantitative estimate of drug-likeness (QED) is 0.512. The zero-order valence-electron chi connectivity index (χ0n) is 11.7. The number of hydrogen-bond donors (Lipinski definition) is 2. The Morgan fingerprint density at radius 1 is 1.40 bits per heavy atom. The Morgan fingerprint density at radius 2 is 2.10 bits per heavy atom. The molecule has 3 N–H and O–H groups in total. The molecular weight excluding hydrogens is 320 g/mol. The fourth-order valence-corrected chi connectivity index (χ4v) is 2.51. The lowest BCUT2D eigenvalue weighted by Crippen LogP contribution is -2.29. The van der Waals surface area contributed by atoms with E-state index in [0.717, 1.165) is 21.4 Å². The molecule has 0 bridgehead atoms. The summed E-state index contributed by atoms with van der Waals surface area (Å²) in [6, 6.07) is 5.41. The average molecular weight is 337 g/mol. The van der Waals surface area contributed by atoms with Crippen LogP contribution in [0.25, 0.3) is 0 Å². The SMILES string of the molecule is Cc1nn(Cc2ccc(C(=O)NN)cc2Br)c(C)c1C. The van der Waals surface area contributed by atoms with Gasteiger partial charge in [0.15, 0.2) is 0 Å². The molecule has 0 aliphatic rings. The molecule has 5 nitrogen and oxygen atoms in total. The molecule has 20 heavy (non-hydrogen) atoms. The van der Waals surface area contributed by atoms with Crippen molar-refractivity contribution in [3.05, 3.63) is 50.8 Å². The smallest absolute Gasteiger partial charge is 0.265 e. The van der Waals surface area contributed by atoms with Crippen molar-refractivity contribution in [1.29, 1.82) is 0 Å². The highest BCUT2D eigenvalue weighted by molar-refractivity contribution is 9.10. The zero-order valence-corrected chi connectivity index (χ0v) is 13.3. The first-order valence-electron chi connectivity index (χ1n) is 6.24. The number of carbonyl (C=O) groups excluding carboxylic acids is 1. The Hall–Kier alpha value is -1.66. The Labute approximate surface area is 126 Å². The lowest BCUT2D eigenvalue weighted by atomic mass is 10.1. The monoisotopic (exact) mass is 336 g/mol. The van der Waals surface area contributed by atoms with Gasteiger partial charge in [-0.25, -0.2) is 5.84 Å². The van der Waals surface area contributed by atoms with Crippen LogP contribution in [0.5, 0.6) is 0 Å². The molecule has 0 atom stereocenters.